The fraction of sp³-hybridized carbons (Fsp3) is 0.357. The maximum Gasteiger partial charge on any atom is 0.422 e. The molecule has 0 spiro atoms. The van der Waals surface area contributed by atoms with Crippen molar-refractivity contribution in [3.63, 3.8) is 0 Å². The minimum Gasteiger partial charge on any atom is -0.295 e. The van der Waals surface area contributed by atoms with Gasteiger partial charge < -0.3 is 0 Å². The van der Waals surface area contributed by atoms with Crippen molar-refractivity contribution in [1.82, 2.24) is 0 Å². The lowest BCUT2D eigenvalue weighted by Crippen LogP contribution is -2.12. The summed E-state index contributed by atoms with van der Waals surface area (Å²) in [5.74, 6) is -0.0508. The first kappa shape index (κ1) is 15.2. The number of alkyl halides is 3. The summed E-state index contributed by atoms with van der Waals surface area (Å²) in [6.07, 6.45) is -2.54. The summed E-state index contributed by atoms with van der Waals surface area (Å²) in [6, 6.07) is 2.75. The zero-order chi connectivity index (χ0) is 15.8. The van der Waals surface area contributed by atoms with E-state index in [4.69, 9.17) is 0 Å². The van der Waals surface area contributed by atoms with Crippen molar-refractivity contribution < 1.29 is 22.9 Å². The Kier molecular flexibility index (Phi) is 3.85. The van der Waals surface area contributed by atoms with E-state index in [1.54, 1.807) is 0 Å². The molecule has 0 aliphatic heterocycles. The molecule has 2 rings (SSSR count). The number of carbonyl (C=O) groups is 1. The molecule has 0 heterocycles. The average molecular weight is 299 g/mol. The predicted molar refractivity (Wildman–Crippen MR) is 69.5 cm³/mol. The second-order valence-electron chi connectivity index (χ2n) is 5.14. The summed E-state index contributed by atoms with van der Waals surface area (Å²) >= 11 is 0. The van der Waals surface area contributed by atoms with Crippen molar-refractivity contribution in [2.75, 3.05) is 0 Å². The number of benzene rings is 1. The third kappa shape index (κ3) is 3.29. The quantitative estimate of drug-likeness (QED) is 0.612. The molecule has 0 saturated heterocycles. The molecule has 1 aromatic rings. The third-order valence-corrected chi connectivity index (χ3v) is 3.32. The standard InChI is InChI=1S/C14H12F3NO3/c1-8-4-10(6-11(19)5-8)9-2-3-12(14(15,16)17)13(7-9)18(20)21/h2-3,6-8H,4-5H2,1H3. The lowest BCUT2D eigenvalue weighted by atomic mass is 9.86. The van der Waals surface area contributed by atoms with Crippen LogP contribution < -0.4 is 0 Å². The highest BCUT2D eigenvalue weighted by Gasteiger charge is 2.38. The van der Waals surface area contributed by atoms with Gasteiger partial charge in [0.1, 0.15) is 5.56 Å². The van der Waals surface area contributed by atoms with Crippen LogP contribution in [0.2, 0.25) is 0 Å². The van der Waals surface area contributed by atoms with Crippen LogP contribution in [0, 0.1) is 16.0 Å². The summed E-state index contributed by atoms with van der Waals surface area (Å²) < 4.78 is 38.2. The van der Waals surface area contributed by atoms with Gasteiger partial charge in [0, 0.05) is 12.5 Å². The van der Waals surface area contributed by atoms with E-state index in [1.807, 2.05) is 6.92 Å². The van der Waals surface area contributed by atoms with Gasteiger partial charge in [-0.15, -0.1) is 0 Å². The molecule has 1 aliphatic carbocycles. The Bertz CT molecular complexity index is 635. The van der Waals surface area contributed by atoms with Crippen LogP contribution in [0.4, 0.5) is 18.9 Å². The van der Waals surface area contributed by atoms with E-state index in [-0.39, 0.29) is 17.3 Å². The minimum absolute atomic E-state index is 0.0684. The zero-order valence-electron chi connectivity index (χ0n) is 11.1. The summed E-state index contributed by atoms with van der Waals surface area (Å²) in [6.45, 7) is 1.85. The van der Waals surface area contributed by atoms with Crippen molar-refractivity contribution in [2.24, 2.45) is 5.92 Å². The van der Waals surface area contributed by atoms with E-state index >= 15 is 0 Å². The molecule has 0 fully saturated rings. The molecular formula is C14H12F3NO3. The molecular weight excluding hydrogens is 287 g/mol. The lowest BCUT2D eigenvalue weighted by Gasteiger charge is -2.19. The van der Waals surface area contributed by atoms with Gasteiger partial charge in [0.25, 0.3) is 5.69 Å². The van der Waals surface area contributed by atoms with E-state index in [0.717, 1.165) is 6.07 Å². The lowest BCUT2D eigenvalue weighted by molar-refractivity contribution is -0.388. The Balaban J connectivity index is 2.51. The second-order valence-corrected chi connectivity index (χ2v) is 5.14. The molecule has 0 aromatic heterocycles. The van der Waals surface area contributed by atoms with Crippen LogP contribution in [-0.2, 0) is 11.0 Å². The highest BCUT2D eigenvalue weighted by molar-refractivity contribution is 5.98. The molecule has 112 valence electrons. The van der Waals surface area contributed by atoms with Gasteiger partial charge in [0.15, 0.2) is 5.78 Å². The number of nitro benzene ring substituents is 1. The highest BCUT2D eigenvalue weighted by atomic mass is 19.4. The molecule has 1 atom stereocenters. The van der Waals surface area contributed by atoms with Crippen molar-refractivity contribution in [2.45, 2.75) is 25.9 Å². The molecule has 0 N–H and O–H groups in total. The molecule has 0 radical (unpaired) electrons. The van der Waals surface area contributed by atoms with Crippen LogP contribution in [-0.4, -0.2) is 10.7 Å². The second kappa shape index (κ2) is 5.31. The fourth-order valence-electron chi connectivity index (χ4n) is 2.43. The fourth-order valence-corrected chi connectivity index (χ4v) is 2.43. The van der Waals surface area contributed by atoms with Gasteiger partial charge in [-0.05, 0) is 35.6 Å². The average Bonchev–Trinajstić information content (AvgIpc) is 2.35. The van der Waals surface area contributed by atoms with E-state index in [2.05, 4.69) is 0 Å². The third-order valence-electron chi connectivity index (χ3n) is 3.32. The molecule has 7 heteroatoms. The van der Waals surface area contributed by atoms with Crippen LogP contribution in [0.15, 0.2) is 24.3 Å². The molecule has 1 aliphatic rings. The van der Waals surface area contributed by atoms with Gasteiger partial charge in [0.05, 0.1) is 4.92 Å². The first-order valence-corrected chi connectivity index (χ1v) is 6.28. The Morgan fingerprint density at radius 2 is 1.95 bits per heavy atom. The molecule has 0 bridgehead atoms. The maximum absolute atomic E-state index is 12.7. The molecule has 1 unspecified atom stereocenters. The number of hydrogen-bond acceptors (Lipinski definition) is 3. The number of rotatable bonds is 2. The summed E-state index contributed by atoms with van der Waals surface area (Å²) in [5.41, 5.74) is -1.45. The summed E-state index contributed by atoms with van der Waals surface area (Å²) in [7, 11) is 0. The number of allylic oxidation sites excluding steroid dienone is 2. The largest absolute Gasteiger partial charge is 0.422 e. The topological polar surface area (TPSA) is 60.2 Å². The molecule has 0 amide bonds. The van der Waals surface area contributed by atoms with Crippen LogP contribution in [0.3, 0.4) is 0 Å². The van der Waals surface area contributed by atoms with Gasteiger partial charge in [0.2, 0.25) is 0 Å². The molecule has 4 nitrogen and oxygen atoms in total. The van der Waals surface area contributed by atoms with Crippen molar-refractivity contribution in [3.8, 4) is 0 Å². The first-order chi connectivity index (χ1) is 9.68. The molecule has 0 saturated carbocycles. The number of halogens is 3. The number of carbonyl (C=O) groups excluding carboxylic acids is 1. The highest BCUT2D eigenvalue weighted by Crippen LogP contribution is 2.38. The van der Waals surface area contributed by atoms with Crippen LogP contribution in [0.5, 0.6) is 0 Å². The van der Waals surface area contributed by atoms with E-state index < -0.39 is 22.4 Å². The number of nitro groups is 1. The number of nitrogens with zero attached hydrogens (tertiary/aromatic N) is 1. The Morgan fingerprint density at radius 3 is 2.48 bits per heavy atom. The van der Waals surface area contributed by atoms with Gasteiger partial charge in [-0.25, -0.2) is 0 Å². The predicted octanol–water partition coefficient (Wildman–Crippen LogP) is 4.00. The Morgan fingerprint density at radius 1 is 1.29 bits per heavy atom. The van der Waals surface area contributed by atoms with Crippen molar-refractivity contribution >= 4 is 17.0 Å². The van der Waals surface area contributed by atoms with Gasteiger partial charge in [-0.2, -0.15) is 13.2 Å². The zero-order valence-corrected chi connectivity index (χ0v) is 11.1. The Hall–Kier alpha value is -2.18. The maximum atomic E-state index is 12.7. The van der Waals surface area contributed by atoms with Crippen LogP contribution in [0.25, 0.3) is 5.57 Å². The Labute approximate surface area is 118 Å². The van der Waals surface area contributed by atoms with Crippen molar-refractivity contribution in [3.05, 3.63) is 45.5 Å². The van der Waals surface area contributed by atoms with Gasteiger partial charge >= 0.3 is 6.18 Å². The van der Waals surface area contributed by atoms with Crippen LogP contribution >= 0.6 is 0 Å². The smallest absolute Gasteiger partial charge is 0.295 e. The molecule has 21 heavy (non-hydrogen) atoms. The first-order valence-electron chi connectivity index (χ1n) is 6.28. The van der Waals surface area contributed by atoms with Crippen molar-refractivity contribution in [1.29, 1.82) is 0 Å². The van der Waals surface area contributed by atoms with E-state index in [0.29, 0.717) is 24.5 Å². The van der Waals surface area contributed by atoms with E-state index in [1.165, 1.54) is 12.1 Å². The summed E-state index contributed by atoms with van der Waals surface area (Å²) in [4.78, 5) is 21.3. The molecule has 1 aromatic carbocycles. The van der Waals surface area contributed by atoms with Gasteiger partial charge in [-0.1, -0.05) is 13.0 Å². The summed E-state index contributed by atoms with van der Waals surface area (Å²) in [5, 5.41) is 10.9. The monoisotopic (exact) mass is 299 g/mol. The number of ketones is 1. The van der Waals surface area contributed by atoms with Gasteiger partial charge in [-0.3, -0.25) is 14.9 Å². The minimum atomic E-state index is -4.79. The van der Waals surface area contributed by atoms with E-state index in [9.17, 15) is 28.1 Å². The van der Waals surface area contributed by atoms with Crippen LogP contribution in [0.1, 0.15) is 30.9 Å². The number of hydrogen-bond donors (Lipinski definition) is 0. The normalized spacial score (nSPS) is 19.3. The SMILES string of the molecule is CC1CC(=O)C=C(c2ccc(C(F)(F)F)c([N+](=O)[O-])c2)C1.